The van der Waals surface area contributed by atoms with E-state index in [9.17, 15) is 5.11 Å². The van der Waals surface area contributed by atoms with Crippen LogP contribution in [0.4, 0.5) is 0 Å². The summed E-state index contributed by atoms with van der Waals surface area (Å²) in [6.45, 7) is 1.36. The number of aliphatic hydroxyl groups excluding tert-OH is 1. The fourth-order valence-electron chi connectivity index (χ4n) is 2.33. The Hall–Kier alpha value is -1.39. The molecule has 1 aromatic carbocycles. The van der Waals surface area contributed by atoms with Crippen LogP contribution in [-0.2, 0) is 13.6 Å². The van der Waals surface area contributed by atoms with Crippen molar-refractivity contribution in [3.8, 4) is 0 Å². The van der Waals surface area contributed by atoms with Crippen molar-refractivity contribution in [2.45, 2.75) is 25.5 Å². The average Bonchev–Trinajstić information content (AvgIpc) is 3.17. The van der Waals surface area contributed by atoms with Crippen molar-refractivity contribution in [1.29, 1.82) is 0 Å². The monoisotopic (exact) mass is 245 g/mol. The molecule has 4 nitrogen and oxygen atoms in total. The molecule has 0 aliphatic heterocycles. The van der Waals surface area contributed by atoms with E-state index in [4.69, 9.17) is 0 Å². The van der Waals surface area contributed by atoms with Gasteiger partial charge in [0.1, 0.15) is 5.82 Å². The van der Waals surface area contributed by atoms with Crippen molar-refractivity contribution in [1.82, 2.24) is 14.9 Å². The summed E-state index contributed by atoms with van der Waals surface area (Å²) < 4.78 is 2.10. The molecule has 18 heavy (non-hydrogen) atoms. The van der Waals surface area contributed by atoms with Crippen LogP contribution in [0.5, 0.6) is 0 Å². The van der Waals surface area contributed by atoms with Gasteiger partial charge in [0.2, 0.25) is 0 Å². The molecule has 1 heterocycles. The Morgan fingerprint density at radius 3 is 2.94 bits per heavy atom. The summed E-state index contributed by atoms with van der Waals surface area (Å²) in [4.78, 5) is 4.59. The molecule has 1 aliphatic rings. The second-order valence-electron chi connectivity index (χ2n) is 5.11. The van der Waals surface area contributed by atoms with E-state index in [0.717, 1.165) is 16.9 Å². The van der Waals surface area contributed by atoms with Gasteiger partial charge in [-0.3, -0.25) is 0 Å². The fourth-order valence-corrected chi connectivity index (χ4v) is 2.33. The van der Waals surface area contributed by atoms with Crippen molar-refractivity contribution in [3.63, 3.8) is 0 Å². The number of rotatable bonds is 5. The lowest BCUT2D eigenvalue weighted by Crippen LogP contribution is -2.28. The summed E-state index contributed by atoms with van der Waals surface area (Å²) in [6.07, 6.45) is 2.16. The first-order valence-electron chi connectivity index (χ1n) is 6.55. The molecule has 1 atom stereocenters. The second kappa shape index (κ2) is 4.71. The van der Waals surface area contributed by atoms with E-state index in [1.54, 1.807) is 0 Å². The summed E-state index contributed by atoms with van der Waals surface area (Å²) in [6, 6.07) is 8.13. The maximum Gasteiger partial charge on any atom is 0.123 e. The highest BCUT2D eigenvalue weighted by atomic mass is 16.3. The first-order valence-corrected chi connectivity index (χ1v) is 6.55. The number of hydrogen-bond donors (Lipinski definition) is 2. The summed E-state index contributed by atoms with van der Waals surface area (Å²) in [7, 11) is 2.03. The lowest BCUT2D eigenvalue weighted by Gasteiger charge is -2.10. The van der Waals surface area contributed by atoms with Gasteiger partial charge in [0, 0.05) is 13.6 Å². The number of benzene rings is 1. The molecular weight excluding hydrogens is 226 g/mol. The molecule has 4 heteroatoms. The molecule has 0 radical (unpaired) electrons. The number of aryl methyl sites for hydroxylation is 1. The SMILES string of the molecule is Cn1c(CNCC(O)C2CC2)nc2ccccc21. The minimum atomic E-state index is -0.195. The molecule has 1 aromatic heterocycles. The summed E-state index contributed by atoms with van der Waals surface area (Å²) in [5.74, 6) is 1.54. The molecule has 0 spiro atoms. The van der Waals surface area contributed by atoms with Gasteiger partial charge in [0.15, 0.2) is 0 Å². The third kappa shape index (κ3) is 2.26. The Labute approximate surface area is 107 Å². The van der Waals surface area contributed by atoms with Gasteiger partial charge >= 0.3 is 0 Å². The zero-order valence-electron chi connectivity index (χ0n) is 10.6. The van der Waals surface area contributed by atoms with E-state index >= 15 is 0 Å². The van der Waals surface area contributed by atoms with Crippen molar-refractivity contribution in [3.05, 3.63) is 30.1 Å². The van der Waals surface area contributed by atoms with E-state index in [1.165, 1.54) is 12.8 Å². The number of nitrogens with one attached hydrogen (secondary N) is 1. The van der Waals surface area contributed by atoms with Gasteiger partial charge in [0.05, 0.1) is 23.7 Å². The summed E-state index contributed by atoms with van der Waals surface area (Å²) in [5.41, 5.74) is 2.18. The molecule has 0 saturated heterocycles. The molecule has 2 aromatic rings. The average molecular weight is 245 g/mol. The summed E-state index contributed by atoms with van der Waals surface area (Å²) >= 11 is 0. The van der Waals surface area contributed by atoms with Gasteiger partial charge in [-0.05, 0) is 30.9 Å². The number of imidazole rings is 1. The molecule has 3 rings (SSSR count). The zero-order valence-corrected chi connectivity index (χ0v) is 10.6. The van der Waals surface area contributed by atoms with E-state index in [1.807, 2.05) is 25.2 Å². The van der Waals surface area contributed by atoms with Crippen LogP contribution >= 0.6 is 0 Å². The van der Waals surface area contributed by atoms with Crippen LogP contribution in [0.15, 0.2) is 24.3 Å². The van der Waals surface area contributed by atoms with Gasteiger partial charge < -0.3 is 15.0 Å². The Morgan fingerprint density at radius 2 is 2.22 bits per heavy atom. The number of aromatic nitrogens is 2. The molecule has 2 N–H and O–H groups in total. The topological polar surface area (TPSA) is 50.1 Å². The number of hydrogen-bond acceptors (Lipinski definition) is 3. The molecule has 0 bridgehead atoms. The fraction of sp³-hybridized carbons (Fsp3) is 0.500. The van der Waals surface area contributed by atoms with Crippen molar-refractivity contribution < 1.29 is 5.11 Å². The zero-order chi connectivity index (χ0) is 12.5. The quantitative estimate of drug-likeness (QED) is 0.838. The molecule has 1 saturated carbocycles. The molecule has 96 valence electrons. The van der Waals surface area contributed by atoms with Crippen molar-refractivity contribution in [2.75, 3.05) is 6.54 Å². The van der Waals surface area contributed by atoms with Crippen LogP contribution in [0, 0.1) is 5.92 Å². The lowest BCUT2D eigenvalue weighted by atomic mass is 10.2. The van der Waals surface area contributed by atoms with Crippen molar-refractivity contribution in [2.24, 2.45) is 13.0 Å². The Balaban J connectivity index is 1.65. The highest BCUT2D eigenvalue weighted by molar-refractivity contribution is 5.75. The number of fused-ring (bicyclic) bond motifs is 1. The van der Waals surface area contributed by atoms with Crippen molar-refractivity contribution >= 4 is 11.0 Å². The minimum Gasteiger partial charge on any atom is -0.392 e. The Kier molecular flexibility index (Phi) is 3.06. The first-order chi connectivity index (χ1) is 8.75. The second-order valence-corrected chi connectivity index (χ2v) is 5.11. The number of aliphatic hydroxyl groups is 1. The molecule has 0 amide bonds. The third-order valence-corrected chi connectivity index (χ3v) is 3.68. The van der Waals surface area contributed by atoms with E-state index in [-0.39, 0.29) is 6.10 Å². The molecule has 1 aliphatic carbocycles. The van der Waals surface area contributed by atoms with E-state index in [0.29, 0.717) is 19.0 Å². The van der Waals surface area contributed by atoms with E-state index in [2.05, 4.69) is 20.9 Å². The molecule has 1 fully saturated rings. The van der Waals surface area contributed by atoms with Gasteiger partial charge in [-0.25, -0.2) is 4.98 Å². The predicted molar refractivity (Wildman–Crippen MR) is 71.2 cm³/mol. The molecular formula is C14H19N3O. The van der Waals surface area contributed by atoms with Crippen LogP contribution in [-0.4, -0.2) is 27.3 Å². The minimum absolute atomic E-state index is 0.195. The lowest BCUT2D eigenvalue weighted by molar-refractivity contribution is 0.148. The van der Waals surface area contributed by atoms with Crippen LogP contribution in [0.2, 0.25) is 0 Å². The Bertz CT molecular complexity index is 545. The first kappa shape index (κ1) is 11.7. The van der Waals surface area contributed by atoms with E-state index < -0.39 is 0 Å². The number of para-hydroxylation sites is 2. The van der Waals surface area contributed by atoms with Gasteiger partial charge in [-0.2, -0.15) is 0 Å². The highest BCUT2D eigenvalue weighted by Gasteiger charge is 2.29. The molecule has 1 unspecified atom stereocenters. The standard InChI is InChI=1S/C14H19N3O/c1-17-12-5-3-2-4-11(12)16-14(17)9-15-8-13(18)10-6-7-10/h2-5,10,13,15,18H,6-9H2,1H3. The van der Waals surface area contributed by atoms with Crippen LogP contribution in [0.1, 0.15) is 18.7 Å². The van der Waals surface area contributed by atoms with Gasteiger partial charge in [0.25, 0.3) is 0 Å². The maximum atomic E-state index is 9.79. The largest absolute Gasteiger partial charge is 0.392 e. The predicted octanol–water partition coefficient (Wildman–Crippen LogP) is 1.43. The maximum absolute atomic E-state index is 9.79. The summed E-state index contributed by atoms with van der Waals surface area (Å²) in [5, 5.41) is 13.1. The third-order valence-electron chi connectivity index (χ3n) is 3.68. The van der Waals surface area contributed by atoms with Gasteiger partial charge in [-0.1, -0.05) is 12.1 Å². The smallest absolute Gasteiger partial charge is 0.123 e. The Morgan fingerprint density at radius 1 is 1.44 bits per heavy atom. The number of nitrogens with zero attached hydrogens (tertiary/aromatic N) is 2. The normalized spacial score (nSPS) is 17.2. The van der Waals surface area contributed by atoms with Gasteiger partial charge in [-0.15, -0.1) is 0 Å². The van der Waals surface area contributed by atoms with Crippen LogP contribution < -0.4 is 5.32 Å². The van der Waals surface area contributed by atoms with Crippen LogP contribution in [0.3, 0.4) is 0 Å². The van der Waals surface area contributed by atoms with Crippen LogP contribution in [0.25, 0.3) is 11.0 Å². The highest BCUT2D eigenvalue weighted by Crippen LogP contribution is 2.32.